The first-order valence-corrected chi connectivity index (χ1v) is 5.99. The molecule has 3 rings (SSSR count). The van der Waals surface area contributed by atoms with Gasteiger partial charge in [0.05, 0.1) is 11.2 Å². The fourth-order valence-corrected chi connectivity index (χ4v) is 2.15. The molecule has 2 aromatic rings. The minimum atomic E-state index is 0.753. The third kappa shape index (κ3) is 1.83. The SMILES string of the molecule is Cc1cc2cc(CNC3CCC3)ccn2n1. The number of hydrogen-bond donors (Lipinski definition) is 1. The molecule has 3 heteroatoms. The van der Waals surface area contributed by atoms with Crippen molar-refractivity contribution in [3.05, 3.63) is 35.7 Å². The van der Waals surface area contributed by atoms with Gasteiger partial charge < -0.3 is 5.32 Å². The molecule has 0 atom stereocenters. The van der Waals surface area contributed by atoms with Gasteiger partial charge in [0.15, 0.2) is 0 Å². The summed E-state index contributed by atoms with van der Waals surface area (Å²) in [7, 11) is 0. The van der Waals surface area contributed by atoms with E-state index in [1.807, 2.05) is 17.6 Å². The molecule has 0 aromatic carbocycles. The Hall–Kier alpha value is -1.35. The van der Waals surface area contributed by atoms with Crippen LogP contribution in [0.1, 0.15) is 30.5 Å². The van der Waals surface area contributed by atoms with Crippen molar-refractivity contribution < 1.29 is 0 Å². The molecule has 2 heterocycles. The minimum Gasteiger partial charge on any atom is -0.310 e. The van der Waals surface area contributed by atoms with Gasteiger partial charge in [-0.05, 0) is 43.5 Å². The highest BCUT2D eigenvalue weighted by molar-refractivity contribution is 5.49. The second-order valence-corrected chi connectivity index (χ2v) is 4.70. The first-order chi connectivity index (χ1) is 7.81. The van der Waals surface area contributed by atoms with Crippen LogP contribution >= 0.6 is 0 Å². The summed E-state index contributed by atoms with van der Waals surface area (Å²) in [6.07, 6.45) is 6.11. The second kappa shape index (κ2) is 3.91. The van der Waals surface area contributed by atoms with Crippen LogP contribution in [0.2, 0.25) is 0 Å². The van der Waals surface area contributed by atoms with E-state index in [1.165, 1.54) is 30.3 Å². The molecule has 0 radical (unpaired) electrons. The van der Waals surface area contributed by atoms with Gasteiger partial charge in [-0.25, -0.2) is 4.52 Å². The van der Waals surface area contributed by atoms with Crippen molar-refractivity contribution in [2.24, 2.45) is 0 Å². The Labute approximate surface area is 95.5 Å². The topological polar surface area (TPSA) is 29.3 Å². The number of rotatable bonds is 3. The average molecular weight is 215 g/mol. The zero-order chi connectivity index (χ0) is 11.0. The van der Waals surface area contributed by atoms with E-state index in [-0.39, 0.29) is 0 Å². The molecule has 0 aliphatic heterocycles. The van der Waals surface area contributed by atoms with E-state index in [4.69, 9.17) is 0 Å². The largest absolute Gasteiger partial charge is 0.310 e. The molecule has 16 heavy (non-hydrogen) atoms. The summed E-state index contributed by atoms with van der Waals surface area (Å²) < 4.78 is 1.93. The Balaban J connectivity index is 1.75. The zero-order valence-corrected chi connectivity index (χ0v) is 9.61. The van der Waals surface area contributed by atoms with Crippen LogP contribution in [0.4, 0.5) is 0 Å². The third-order valence-corrected chi connectivity index (χ3v) is 3.35. The lowest BCUT2D eigenvalue weighted by Crippen LogP contribution is -2.34. The van der Waals surface area contributed by atoms with Crippen molar-refractivity contribution in [1.29, 1.82) is 0 Å². The molecule has 1 N–H and O–H groups in total. The van der Waals surface area contributed by atoms with Crippen LogP contribution in [0.3, 0.4) is 0 Å². The fraction of sp³-hybridized carbons (Fsp3) is 0.462. The van der Waals surface area contributed by atoms with Gasteiger partial charge in [0.1, 0.15) is 0 Å². The van der Waals surface area contributed by atoms with Crippen LogP contribution in [-0.2, 0) is 6.54 Å². The Morgan fingerprint density at radius 3 is 3.06 bits per heavy atom. The number of pyridine rings is 1. The van der Waals surface area contributed by atoms with Crippen molar-refractivity contribution in [2.45, 2.75) is 38.8 Å². The summed E-state index contributed by atoms with van der Waals surface area (Å²) in [5.41, 5.74) is 3.61. The van der Waals surface area contributed by atoms with Gasteiger partial charge in [-0.2, -0.15) is 5.10 Å². The van der Waals surface area contributed by atoms with E-state index in [0.29, 0.717) is 0 Å². The maximum absolute atomic E-state index is 4.37. The Kier molecular flexibility index (Phi) is 2.40. The number of nitrogens with one attached hydrogen (secondary N) is 1. The number of fused-ring (bicyclic) bond motifs is 1. The van der Waals surface area contributed by atoms with Crippen molar-refractivity contribution in [3.8, 4) is 0 Å². The molecule has 0 bridgehead atoms. The molecular weight excluding hydrogens is 198 g/mol. The molecule has 3 nitrogen and oxygen atoms in total. The molecule has 0 spiro atoms. The maximum Gasteiger partial charge on any atom is 0.0667 e. The van der Waals surface area contributed by atoms with Crippen LogP contribution in [0, 0.1) is 6.92 Å². The summed E-state index contributed by atoms with van der Waals surface area (Å²) in [6, 6.07) is 7.23. The standard InChI is InChI=1S/C13H17N3/c1-10-7-13-8-11(5-6-16(13)15-10)9-14-12-3-2-4-12/h5-8,12,14H,2-4,9H2,1H3. The van der Waals surface area contributed by atoms with Gasteiger partial charge in [0.25, 0.3) is 0 Å². The van der Waals surface area contributed by atoms with E-state index in [9.17, 15) is 0 Å². The highest BCUT2D eigenvalue weighted by atomic mass is 15.2. The van der Waals surface area contributed by atoms with E-state index in [0.717, 1.165) is 18.3 Å². The van der Waals surface area contributed by atoms with Crippen molar-refractivity contribution >= 4 is 5.52 Å². The van der Waals surface area contributed by atoms with Crippen molar-refractivity contribution in [1.82, 2.24) is 14.9 Å². The van der Waals surface area contributed by atoms with Crippen LogP contribution < -0.4 is 5.32 Å². The minimum absolute atomic E-state index is 0.753. The average Bonchev–Trinajstić information content (AvgIpc) is 2.55. The van der Waals surface area contributed by atoms with Gasteiger partial charge in [-0.1, -0.05) is 6.42 Å². The number of hydrogen-bond acceptors (Lipinski definition) is 2. The van der Waals surface area contributed by atoms with Gasteiger partial charge >= 0.3 is 0 Å². The summed E-state index contributed by atoms with van der Waals surface area (Å²) in [6.45, 7) is 3.00. The molecule has 1 aliphatic carbocycles. The lowest BCUT2D eigenvalue weighted by molar-refractivity contribution is 0.338. The number of aryl methyl sites for hydroxylation is 1. The second-order valence-electron chi connectivity index (χ2n) is 4.70. The van der Waals surface area contributed by atoms with Gasteiger partial charge in [0.2, 0.25) is 0 Å². The molecular formula is C13H17N3. The summed E-state index contributed by atoms with van der Waals surface area (Å²) in [4.78, 5) is 0. The first-order valence-electron chi connectivity index (χ1n) is 5.99. The Bertz CT molecular complexity index is 497. The quantitative estimate of drug-likeness (QED) is 0.851. The third-order valence-electron chi connectivity index (χ3n) is 3.35. The normalized spacial score (nSPS) is 16.6. The molecule has 1 fully saturated rings. The first kappa shape index (κ1) is 9.85. The summed E-state index contributed by atoms with van der Waals surface area (Å²) in [5, 5.41) is 7.95. The lowest BCUT2D eigenvalue weighted by Gasteiger charge is -2.26. The molecule has 2 aromatic heterocycles. The van der Waals surface area contributed by atoms with Crippen LogP contribution in [0.25, 0.3) is 5.52 Å². The molecule has 0 unspecified atom stereocenters. The highest BCUT2D eigenvalue weighted by Gasteiger charge is 2.15. The lowest BCUT2D eigenvalue weighted by atomic mass is 9.93. The zero-order valence-electron chi connectivity index (χ0n) is 9.61. The van der Waals surface area contributed by atoms with E-state index in [2.05, 4.69) is 28.6 Å². The Morgan fingerprint density at radius 2 is 2.31 bits per heavy atom. The molecule has 0 amide bonds. The number of nitrogens with zero attached hydrogens (tertiary/aromatic N) is 2. The van der Waals surface area contributed by atoms with Gasteiger partial charge in [-0.15, -0.1) is 0 Å². The van der Waals surface area contributed by atoms with Crippen LogP contribution in [0.15, 0.2) is 24.4 Å². The van der Waals surface area contributed by atoms with E-state index < -0.39 is 0 Å². The van der Waals surface area contributed by atoms with E-state index in [1.54, 1.807) is 0 Å². The predicted octanol–water partition coefficient (Wildman–Crippen LogP) is 2.28. The summed E-state index contributed by atoms with van der Waals surface area (Å²) in [5.74, 6) is 0. The summed E-state index contributed by atoms with van der Waals surface area (Å²) >= 11 is 0. The van der Waals surface area contributed by atoms with Crippen molar-refractivity contribution in [2.75, 3.05) is 0 Å². The Morgan fingerprint density at radius 1 is 1.44 bits per heavy atom. The fourth-order valence-electron chi connectivity index (χ4n) is 2.15. The molecule has 84 valence electrons. The molecule has 0 saturated heterocycles. The monoisotopic (exact) mass is 215 g/mol. The van der Waals surface area contributed by atoms with Gasteiger partial charge in [0, 0.05) is 18.8 Å². The predicted molar refractivity (Wildman–Crippen MR) is 64.4 cm³/mol. The molecule has 1 aliphatic rings. The van der Waals surface area contributed by atoms with Crippen molar-refractivity contribution in [3.63, 3.8) is 0 Å². The van der Waals surface area contributed by atoms with Crippen LogP contribution in [0.5, 0.6) is 0 Å². The highest BCUT2D eigenvalue weighted by Crippen LogP contribution is 2.18. The van der Waals surface area contributed by atoms with Crippen LogP contribution in [-0.4, -0.2) is 15.7 Å². The number of aromatic nitrogens is 2. The van der Waals surface area contributed by atoms with E-state index >= 15 is 0 Å². The smallest absolute Gasteiger partial charge is 0.0667 e. The molecule has 1 saturated carbocycles. The van der Waals surface area contributed by atoms with Gasteiger partial charge in [-0.3, -0.25) is 0 Å². The maximum atomic E-state index is 4.37.